The molecule has 2 aliphatic rings. The molecule has 2 aliphatic carbocycles. The minimum absolute atomic E-state index is 0. The molecule has 2 N–H and O–H groups in total. The van der Waals surface area contributed by atoms with Crippen LogP contribution in [0.1, 0.15) is 104 Å². The van der Waals surface area contributed by atoms with Crippen molar-refractivity contribution in [1.82, 2.24) is 4.98 Å². The summed E-state index contributed by atoms with van der Waals surface area (Å²) >= 11 is 1.72. The van der Waals surface area contributed by atoms with Crippen LogP contribution in [0.3, 0.4) is 0 Å². The summed E-state index contributed by atoms with van der Waals surface area (Å²) in [7, 11) is 0. The average molecular weight is 727 g/mol. The first kappa shape index (κ1) is 32.4. The Hall–Kier alpha value is -1.10. The minimum atomic E-state index is -0.319. The van der Waals surface area contributed by atoms with Gasteiger partial charge in [-0.3, -0.25) is 4.98 Å². The van der Waals surface area contributed by atoms with E-state index in [4.69, 9.17) is 0 Å². The third kappa shape index (κ3) is 6.38. The van der Waals surface area contributed by atoms with E-state index in [2.05, 4.69) is 89.0 Å². The molecule has 0 aliphatic heterocycles. The van der Waals surface area contributed by atoms with Gasteiger partial charge in [-0.1, -0.05) is 66.0 Å². The Kier molecular flexibility index (Phi) is 11.4. The Morgan fingerprint density at radius 1 is 0.949 bits per heavy atom. The molecule has 2 saturated carbocycles. The fraction of sp³-hybridized carbons (Fsp3) is 0.618. The van der Waals surface area contributed by atoms with Crippen LogP contribution in [0.4, 0.5) is 0 Å². The topological polar surface area (TPSA) is 53.4 Å². The summed E-state index contributed by atoms with van der Waals surface area (Å²) < 4.78 is 1.23. The second-order valence-corrected chi connectivity index (χ2v) is 13.2. The van der Waals surface area contributed by atoms with E-state index in [-0.39, 0.29) is 49.1 Å². The first-order chi connectivity index (χ1) is 18.2. The molecule has 1 aromatic heterocycles. The van der Waals surface area contributed by atoms with Crippen LogP contribution in [0, 0.1) is 28.7 Å². The van der Waals surface area contributed by atoms with Gasteiger partial charge in [-0.15, -0.1) is 35.4 Å². The molecular formula is C34H48IrNO2S-. The number of fused-ring (bicyclic) bond motifs is 2. The Bertz CT molecular complexity index is 1130. The van der Waals surface area contributed by atoms with Crippen molar-refractivity contribution >= 4 is 21.6 Å². The first-order valence-corrected chi connectivity index (χ1v) is 15.8. The second kappa shape index (κ2) is 13.7. The van der Waals surface area contributed by atoms with Gasteiger partial charge in [0.05, 0.1) is 17.7 Å². The Morgan fingerprint density at radius 2 is 1.59 bits per heavy atom. The molecule has 0 amide bonds. The molecule has 0 spiro atoms. The molecule has 4 atom stereocenters. The van der Waals surface area contributed by atoms with Crippen LogP contribution in [0.15, 0.2) is 42.5 Å². The zero-order chi connectivity index (χ0) is 27.5. The van der Waals surface area contributed by atoms with Gasteiger partial charge in [-0.05, 0) is 73.8 Å². The Labute approximate surface area is 254 Å². The number of para-hydroxylation sites is 1. The molecule has 5 heteroatoms. The summed E-state index contributed by atoms with van der Waals surface area (Å²) in [6, 6.07) is 17.9. The maximum atomic E-state index is 11.1. The van der Waals surface area contributed by atoms with Gasteiger partial charge in [0.1, 0.15) is 0 Å². The van der Waals surface area contributed by atoms with Crippen LogP contribution in [-0.4, -0.2) is 27.4 Å². The standard InChI is InChI=1S/C18H34O2.C16H14NS.Ir/c1-5-17(6-2)11-9-10-13-12-18(7-3,8-4)16(20)14(13)15(17)19;1-11(2)12-7-9-13(10-8-12)16-17-14-5-3-4-6-15(14)18-16;/h13-16,19-20H,5-12H2,1-4H3;3-9,11H,1-2H3;/q;-1;. The number of aliphatic hydroxyl groups excluding tert-OH is 2. The quantitative estimate of drug-likeness (QED) is 0.250. The van der Waals surface area contributed by atoms with E-state index >= 15 is 0 Å². The van der Waals surface area contributed by atoms with E-state index in [0.29, 0.717) is 11.8 Å². The van der Waals surface area contributed by atoms with Crippen molar-refractivity contribution < 1.29 is 30.3 Å². The third-order valence-electron chi connectivity index (χ3n) is 10.3. The zero-order valence-electron chi connectivity index (χ0n) is 24.7. The number of aromatic nitrogens is 1. The van der Waals surface area contributed by atoms with E-state index < -0.39 is 0 Å². The fourth-order valence-electron chi connectivity index (χ4n) is 7.34. The molecular weight excluding hydrogens is 679 g/mol. The van der Waals surface area contributed by atoms with Crippen LogP contribution < -0.4 is 0 Å². The molecule has 1 heterocycles. The summed E-state index contributed by atoms with van der Waals surface area (Å²) in [6.45, 7) is 13.2. The Balaban J connectivity index is 0.000000211. The largest absolute Gasteiger partial charge is 0.392 e. The van der Waals surface area contributed by atoms with Crippen molar-refractivity contribution in [3.63, 3.8) is 0 Å². The van der Waals surface area contributed by atoms with Crippen molar-refractivity contribution in [2.45, 2.75) is 111 Å². The number of benzene rings is 2. The normalized spacial score (nSPS) is 25.4. The van der Waals surface area contributed by atoms with Gasteiger partial charge < -0.3 is 10.2 Å². The van der Waals surface area contributed by atoms with E-state index in [1.807, 2.05) is 6.07 Å². The van der Waals surface area contributed by atoms with Crippen LogP contribution in [-0.2, 0) is 20.1 Å². The molecule has 3 nitrogen and oxygen atoms in total. The molecule has 5 rings (SSSR count). The summed E-state index contributed by atoms with van der Waals surface area (Å²) in [4.78, 5) is 4.64. The average Bonchev–Trinajstić information content (AvgIpc) is 3.46. The molecule has 1 radical (unpaired) electrons. The number of nitrogens with zero attached hydrogens (tertiary/aromatic N) is 1. The molecule has 0 bridgehead atoms. The van der Waals surface area contributed by atoms with Gasteiger partial charge >= 0.3 is 0 Å². The zero-order valence-corrected chi connectivity index (χ0v) is 27.9. The molecule has 217 valence electrons. The van der Waals surface area contributed by atoms with Gasteiger partial charge in [0.25, 0.3) is 0 Å². The SMILES string of the molecule is CC(C)c1c[c-]c(-c2nc3ccccc3s2)cc1.CCC1(CC)CCCC2CC(CC)(CC)C(O)C2C1O.[Ir]. The number of thiazole rings is 1. The number of hydrogen-bond acceptors (Lipinski definition) is 4. The summed E-state index contributed by atoms with van der Waals surface area (Å²) in [5, 5.41) is 23.1. The van der Waals surface area contributed by atoms with Gasteiger partial charge in [0, 0.05) is 35.7 Å². The maximum absolute atomic E-state index is 11.1. The molecule has 2 aromatic carbocycles. The first-order valence-electron chi connectivity index (χ1n) is 15.0. The molecule has 4 unspecified atom stereocenters. The fourth-order valence-corrected chi connectivity index (χ4v) is 8.29. The van der Waals surface area contributed by atoms with E-state index in [1.165, 1.54) is 23.1 Å². The summed E-state index contributed by atoms with van der Waals surface area (Å²) in [5.74, 6) is 1.18. The van der Waals surface area contributed by atoms with Gasteiger partial charge in [-0.25, -0.2) is 0 Å². The van der Waals surface area contributed by atoms with Crippen LogP contribution in [0.25, 0.3) is 20.8 Å². The monoisotopic (exact) mass is 727 g/mol. The number of aliphatic hydroxyl groups is 2. The van der Waals surface area contributed by atoms with Crippen LogP contribution in [0.2, 0.25) is 0 Å². The van der Waals surface area contributed by atoms with E-state index in [1.54, 1.807) is 11.3 Å². The van der Waals surface area contributed by atoms with E-state index in [9.17, 15) is 10.2 Å². The van der Waals surface area contributed by atoms with Crippen molar-refractivity contribution in [1.29, 1.82) is 0 Å². The van der Waals surface area contributed by atoms with Crippen molar-refractivity contribution in [3.05, 3.63) is 54.1 Å². The van der Waals surface area contributed by atoms with Gasteiger partial charge in [-0.2, -0.15) is 11.3 Å². The van der Waals surface area contributed by atoms with Crippen molar-refractivity contribution in [2.24, 2.45) is 22.7 Å². The smallest absolute Gasteiger partial charge is 0.0697 e. The predicted molar refractivity (Wildman–Crippen MR) is 161 cm³/mol. The maximum Gasteiger partial charge on any atom is 0.0697 e. The number of rotatable bonds is 6. The van der Waals surface area contributed by atoms with Crippen molar-refractivity contribution in [2.75, 3.05) is 0 Å². The third-order valence-corrected chi connectivity index (χ3v) is 11.4. The van der Waals surface area contributed by atoms with Crippen LogP contribution in [0.5, 0.6) is 0 Å². The summed E-state index contributed by atoms with van der Waals surface area (Å²) in [6.07, 6.45) is 8.17. The predicted octanol–water partition coefficient (Wildman–Crippen LogP) is 9.03. The van der Waals surface area contributed by atoms with Crippen LogP contribution >= 0.6 is 11.3 Å². The molecule has 0 saturated heterocycles. The second-order valence-electron chi connectivity index (χ2n) is 12.1. The molecule has 2 fully saturated rings. The minimum Gasteiger partial charge on any atom is -0.392 e. The van der Waals surface area contributed by atoms with Crippen molar-refractivity contribution in [3.8, 4) is 10.6 Å². The molecule has 3 aromatic rings. The summed E-state index contributed by atoms with van der Waals surface area (Å²) in [5.41, 5.74) is 3.57. The molecule has 39 heavy (non-hydrogen) atoms. The number of hydrogen-bond donors (Lipinski definition) is 2. The van der Waals surface area contributed by atoms with Gasteiger partial charge in [0.15, 0.2) is 0 Å². The van der Waals surface area contributed by atoms with E-state index in [0.717, 1.165) is 54.6 Å². The Morgan fingerprint density at radius 3 is 2.15 bits per heavy atom. The van der Waals surface area contributed by atoms with Gasteiger partial charge in [0.2, 0.25) is 0 Å².